The second-order valence-electron chi connectivity index (χ2n) is 4.32. The van der Waals surface area contributed by atoms with E-state index in [1.807, 2.05) is 18.7 Å². The predicted octanol–water partition coefficient (Wildman–Crippen LogP) is 1.78. The van der Waals surface area contributed by atoms with E-state index in [-0.39, 0.29) is 5.91 Å². The van der Waals surface area contributed by atoms with Crippen molar-refractivity contribution in [2.24, 2.45) is 0 Å². The van der Waals surface area contributed by atoms with Gasteiger partial charge in [0.1, 0.15) is 0 Å². The van der Waals surface area contributed by atoms with E-state index in [0.29, 0.717) is 12.5 Å². The molecule has 0 saturated heterocycles. The number of hydrogen-bond donors (Lipinski definition) is 2. The third-order valence-corrected chi connectivity index (χ3v) is 4.31. The van der Waals surface area contributed by atoms with Gasteiger partial charge in [-0.2, -0.15) is 11.8 Å². The van der Waals surface area contributed by atoms with Crippen molar-refractivity contribution in [1.82, 2.24) is 10.6 Å². The number of nitrogens with one attached hydrogen (secondary N) is 2. The molecule has 1 aliphatic rings. The Kier molecular flexibility index (Phi) is 6.88. The normalized spacial score (nSPS) is 25.4. The Morgan fingerprint density at radius 3 is 2.81 bits per heavy atom. The van der Waals surface area contributed by atoms with Crippen molar-refractivity contribution in [2.45, 2.75) is 50.3 Å². The fourth-order valence-corrected chi connectivity index (χ4v) is 3.23. The molecule has 2 atom stereocenters. The SMILES string of the molecule is CCNC(=O)CCNC1CCCCC1SC. The van der Waals surface area contributed by atoms with Gasteiger partial charge in [-0.15, -0.1) is 0 Å². The highest BCUT2D eigenvalue weighted by Gasteiger charge is 2.23. The first kappa shape index (κ1) is 13.8. The summed E-state index contributed by atoms with van der Waals surface area (Å²) in [5, 5.41) is 7.09. The Morgan fingerprint density at radius 1 is 1.38 bits per heavy atom. The molecule has 0 spiro atoms. The summed E-state index contributed by atoms with van der Waals surface area (Å²) in [6.45, 7) is 3.50. The number of carbonyl (C=O) groups is 1. The molecule has 1 saturated carbocycles. The fraction of sp³-hybridized carbons (Fsp3) is 0.917. The summed E-state index contributed by atoms with van der Waals surface area (Å²) in [6.07, 6.45) is 8.07. The van der Waals surface area contributed by atoms with E-state index in [9.17, 15) is 4.79 Å². The maximum absolute atomic E-state index is 11.3. The molecule has 1 fully saturated rings. The van der Waals surface area contributed by atoms with Gasteiger partial charge in [0.15, 0.2) is 0 Å². The Labute approximate surface area is 103 Å². The van der Waals surface area contributed by atoms with Gasteiger partial charge in [-0.25, -0.2) is 0 Å². The van der Waals surface area contributed by atoms with Crippen molar-refractivity contribution in [1.29, 1.82) is 0 Å². The number of thioether (sulfide) groups is 1. The molecule has 2 unspecified atom stereocenters. The molecule has 0 radical (unpaired) electrons. The molecule has 0 aromatic carbocycles. The number of amides is 1. The van der Waals surface area contributed by atoms with Crippen LogP contribution in [0.4, 0.5) is 0 Å². The van der Waals surface area contributed by atoms with Crippen molar-refractivity contribution in [3.8, 4) is 0 Å². The van der Waals surface area contributed by atoms with Crippen LogP contribution in [0, 0.1) is 0 Å². The standard InChI is InChI=1S/C12H24N2OS/c1-3-13-12(15)8-9-14-10-6-4-5-7-11(10)16-2/h10-11,14H,3-9H2,1-2H3,(H,13,15). The fourth-order valence-electron chi connectivity index (χ4n) is 2.27. The molecule has 1 aliphatic carbocycles. The van der Waals surface area contributed by atoms with Crippen molar-refractivity contribution in [3.63, 3.8) is 0 Å². The first-order valence-electron chi connectivity index (χ1n) is 6.30. The number of carbonyl (C=O) groups excluding carboxylic acids is 1. The molecule has 0 aliphatic heterocycles. The summed E-state index contributed by atoms with van der Waals surface area (Å²) in [5.41, 5.74) is 0. The Balaban J connectivity index is 2.17. The Morgan fingerprint density at radius 2 is 2.12 bits per heavy atom. The van der Waals surface area contributed by atoms with E-state index in [1.54, 1.807) is 0 Å². The summed E-state index contributed by atoms with van der Waals surface area (Å²) in [5.74, 6) is 0.159. The van der Waals surface area contributed by atoms with Crippen LogP contribution in [0.3, 0.4) is 0 Å². The average Bonchev–Trinajstić information content (AvgIpc) is 2.30. The first-order chi connectivity index (χ1) is 7.77. The van der Waals surface area contributed by atoms with Gasteiger partial charge in [0.05, 0.1) is 0 Å². The molecule has 94 valence electrons. The first-order valence-corrected chi connectivity index (χ1v) is 7.59. The molecule has 2 N–H and O–H groups in total. The molecule has 3 nitrogen and oxygen atoms in total. The van der Waals surface area contributed by atoms with E-state index in [2.05, 4.69) is 16.9 Å². The van der Waals surface area contributed by atoms with Gasteiger partial charge in [-0.3, -0.25) is 4.79 Å². The van der Waals surface area contributed by atoms with E-state index < -0.39 is 0 Å². The third-order valence-electron chi connectivity index (χ3n) is 3.14. The van der Waals surface area contributed by atoms with Gasteiger partial charge >= 0.3 is 0 Å². The lowest BCUT2D eigenvalue weighted by Crippen LogP contribution is -2.41. The van der Waals surface area contributed by atoms with Gasteiger partial charge in [-0.05, 0) is 26.0 Å². The second kappa shape index (κ2) is 7.96. The molecule has 0 aromatic rings. The van der Waals surface area contributed by atoms with Crippen molar-refractivity contribution in [2.75, 3.05) is 19.3 Å². The monoisotopic (exact) mass is 244 g/mol. The molecule has 0 bridgehead atoms. The summed E-state index contributed by atoms with van der Waals surface area (Å²) in [7, 11) is 0. The topological polar surface area (TPSA) is 41.1 Å². The van der Waals surface area contributed by atoms with Crippen LogP contribution in [0.25, 0.3) is 0 Å². The number of rotatable bonds is 6. The third kappa shape index (κ3) is 4.74. The van der Waals surface area contributed by atoms with Gasteiger partial charge in [0.2, 0.25) is 5.91 Å². The molecule has 0 aromatic heterocycles. The average molecular weight is 244 g/mol. The van der Waals surface area contributed by atoms with E-state index in [0.717, 1.165) is 18.3 Å². The highest BCUT2D eigenvalue weighted by atomic mass is 32.2. The van der Waals surface area contributed by atoms with Crippen LogP contribution >= 0.6 is 11.8 Å². The summed E-state index contributed by atoms with van der Waals surface area (Å²) in [6, 6.07) is 0.609. The molecular weight excluding hydrogens is 220 g/mol. The number of hydrogen-bond acceptors (Lipinski definition) is 3. The van der Waals surface area contributed by atoms with Crippen molar-refractivity contribution < 1.29 is 4.79 Å². The zero-order valence-corrected chi connectivity index (χ0v) is 11.2. The predicted molar refractivity (Wildman–Crippen MR) is 70.9 cm³/mol. The maximum atomic E-state index is 11.3. The zero-order valence-electron chi connectivity index (χ0n) is 10.4. The zero-order chi connectivity index (χ0) is 11.8. The molecule has 1 amide bonds. The Bertz CT molecular complexity index is 211. The second-order valence-corrected chi connectivity index (χ2v) is 5.40. The van der Waals surface area contributed by atoms with Gasteiger partial charge in [0, 0.05) is 30.8 Å². The largest absolute Gasteiger partial charge is 0.356 e. The molecule has 16 heavy (non-hydrogen) atoms. The summed E-state index contributed by atoms with van der Waals surface area (Å²) < 4.78 is 0. The quantitative estimate of drug-likeness (QED) is 0.748. The minimum atomic E-state index is 0.159. The van der Waals surface area contributed by atoms with Gasteiger partial charge in [0.25, 0.3) is 0 Å². The van der Waals surface area contributed by atoms with Crippen molar-refractivity contribution in [3.05, 3.63) is 0 Å². The lowest BCUT2D eigenvalue weighted by Gasteiger charge is -2.31. The van der Waals surface area contributed by atoms with E-state index >= 15 is 0 Å². The molecular formula is C12H24N2OS. The van der Waals surface area contributed by atoms with Crippen LogP contribution in [0.5, 0.6) is 0 Å². The van der Waals surface area contributed by atoms with Crippen LogP contribution in [0.2, 0.25) is 0 Å². The van der Waals surface area contributed by atoms with Crippen LogP contribution in [0.1, 0.15) is 39.0 Å². The van der Waals surface area contributed by atoms with Crippen molar-refractivity contribution >= 4 is 17.7 Å². The smallest absolute Gasteiger partial charge is 0.221 e. The minimum absolute atomic E-state index is 0.159. The van der Waals surface area contributed by atoms with Crippen LogP contribution in [0.15, 0.2) is 0 Å². The molecule has 1 rings (SSSR count). The van der Waals surface area contributed by atoms with Gasteiger partial charge < -0.3 is 10.6 Å². The lowest BCUT2D eigenvalue weighted by molar-refractivity contribution is -0.120. The van der Waals surface area contributed by atoms with Gasteiger partial charge in [-0.1, -0.05) is 12.8 Å². The van der Waals surface area contributed by atoms with E-state index in [1.165, 1.54) is 25.7 Å². The summed E-state index contributed by atoms with van der Waals surface area (Å²) >= 11 is 1.96. The highest BCUT2D eigenvalue weighted by molar-refractivity contribution is 7.99. The molecule has 4 heteroatoms. The van der Waals surface area contributed by atoms with E-state index in [4.69, 9.17) is 0 Å². The Hall–Kier alpha value is -0.220. The minimum Gasteiger partial charge on any atom is -0.356 e. The lowest BCUT2D eigenvalue weighted by atomic mass is 9.95. The summed E-state index contributed by atoms with van der Waals surface area (Å²) in [4.78, 5) is 11.3. The van der Waals surface area contributed by atoms with Crippen LogP contribution < -0.4 is 10.6 Å². The van der Waals surface area contributed by atoms with Crippen LogP contribution in [-0.4, -0.2) is 36.5 Å². The maximum Gasteiger partial charge on any atom is 0.221 e. The molecule has 0 heterocycles. The highest BCUT2D eigenvalue weighted by Crippen LogP contribution is 2.26. The van der Waals surface area contributed by atoms with Crippen LogP contribution in [-0.2, 0) is 4.79 Å².